The Morgan fingerprint density at radius 1 is 1.09 bits per heavy atom. The van der Waals surface area contributed by atoms with Crippen molar-refractivity contribution in [1.29, 1.82) is 0 Å². The Morgan fingerprint density at radius 3 is 2.35 bits per heavy atom. The van der Waals surface area contributed by atoms with E-state index in [-0.39, 0.29) is 41.8 Å². The molecule has 1 aromatic heterocycles. The number of phenols is 1. The number of aliphatic hydroxyl groups is 1. The average Bonchev–Trinajstić information content (AvgIpc) is 2.94. The number of halogens is 3. The molecule has 1 aliphatic heterocycles. The molecule has 0 radical (unpaired) electrons. The number of anilines is 2. The second kappa shape index (κ2) is 12.2. The maximum absolute atomic E-state index is 13.4. The standard InChI is InChI=1S/C30H32F3N3O6S/c1-4-36(23-7-5-6-22(16-23)35-43(40,41)26-13-10-21(18-34-26)30(31,32)33)27-25(38)17-29(19(2)3,42-28(27)39)15-14-20-8-11-24(37)12-9-20/h5-13,16,18-19,35,37-38H,4,14-15,17H2,1-3H3/t29-/m1/s1. The highest BCUT2D eigenvalue weighted by molar-refractivity contribution is 7.92. The van der Waals surface area contributed by atoms with Crippen LogP contribution in [-0.2, 0) is 32.2 Å². The predicted molar refractivity (Wildman–Crippen MR) is 154 cm³/mol. The van der Waals surface area contributed by atoms with Crippen LogP contribution < -0.4 is 9.62 Å². The van der Waals surface area contributed by atoms with Crippen LogP contribution in [0, 0.1) is 5.92 Å². The molecular weight excluding hydrogens is 587 g/mol. The number of sulfonamides is 1. The fourth-order valence-corrected chi connectivity index (χ4v) is 5.89. The molecule has 0 bridgehead atoms. The van der Waals surface area contributed by atoms with E-state index in [1.807, 2.05) is 13.8 Å². The fraction of sp³-hybridized carbons (Fsp3) is 0.333. The minimum atomic E-state index is -4.66. The fourth-order valence-electron chi connectivity index (χ4n) is 4.91. The SMILES string of the molecule is CCN(C1=C(O)C[C@](CCc2ccc(O)cc2)(C(C)C)OC1=O)c1cccc(NS(=O)(=O)c2ccc(C(F)(F)F)cn2)c1. The number of nitrogens with zero attached hydrogens (tertiary/aromatic N) is 2. The van der Waals surface area contributed by atoms with Gasteiger partial charge in [0, 0.05) is 24.8 Å². The molecule has 0 spiro atoms. The smallest absolute Gasteiger partial charge is 0.417 e. The van der Waals surface area contributed by atoms with E-state index in [0.29, 0.717) is 30.8 Å². The van der Waals surface area contributed by atoms with Crippen molar-refractivity contribution in [2.24, 2.45) is 5.92 Å². The molecule has 1 atom stereocenters. The molecule has 2 heterocycles. The van der Waals surface area contributed by atoms with E-state index in [9.17, 15) is 36.6 Å². The Bertz CT molecular complexity index is 1610. The van der Waals surface area contributed by atoms with Gasteiger partial charge in [0.05, 0.1) is 11.3 Å². The molecule has 1 aliphatic rings. The molecule has 0 unspecified atom stereocenters. The third-order valence-corrected chi connectivity index (χ3v) is 8.69. The maximum Gasteiger partial charge on any atom is 0.417 e. The number of hydrogen-bond donors (Lipinski definition) is 3. The number of phenolic OH excluding ortho intramolecular Hbond substituents is 1. The number of rotatable bonds is 10. The number of cyclic esters (lactones) is 1. The lowest BCUT2D eigenvalue weighted by Gasteiger charge is -2.42. The highest BCUT2D eigenvalue weighted by Gasteiger charge is 2.45. The molecule has 0 saturated heterocycles. The zero-order valence-corrected chi connectivity index (χ0v) is 24.5. The lowest BCUT2D eigenvalue weighted by molar-refractivity contribution is -0.166. The van der Waals surface area contributed by atoms with E-state index in [1.165, 1.54) is 23.1 Å². The molecule has 3 aromatic rings. The van der Waals surface area contributed by atoms with Gasteiger partial charge < -0.3 is 19.8 Å². The van der Waals surface area contributed by atoms with Crippen LogP contribution >= 0.6 is 0 Å². The molecule has 43 heavy (non-hydrogen) atoms. The lowest BCUT2D eigenvalue weighted by Crippen LogP contribution is -2.47. The van der Waals surface area contributed by atoms with Crippen molar-refractivity contribution >= 4 is 27.4 Å². The van der Waals surface area contributed by atoms with E-state index < -0.39 is 38.4 Å². The first kappa shape index (κ1) is 31.7. The van der Waals surface area contributed by atoms with Gasteiger partial charge in [0.2, 0.25) is 0 Å². The Hall–Kier alpha value is -4.26. The number of carbonyl (C=O) groups excluding carboxylic acids is 1. The number of benzene rings is 2. The number of hydrogen-bond acceptors (Lipinski definition) is 8. The summed E-state index contributed by atoms with van der Waals surface area (Å²) in [5, 5.41) is 20.2. The number of pyridine rings is 1. The quantitative estimate of drug-likeness (QED) is 0.230. The molecule has 13 heteroatoms. The minimum Gasteiger partial charge on any atom is -0.510 e. The number of ether oxygens (including phenoxy) is 1. The summed E-state index contributed by atoms with van der Waals surface area (Å²) in [5.74, 6) is -0.893. The van der Waals surface area contributed by atoms with Crippen LogP contribution in [0.15, 0.2) is 83.3 Å². The highest BCUT2D eigenvalue weighted by atomic mass is 32.2. The van der Waals surface area contributed by atoms with Gasteiger partial charge in [0.1, 0.15) is 17.1 Å². The summed E-state index contributed by atoms with van der Waals surface area (Å²) in [5.41, 5.74) is -0.776. The summed E-state index contributed by atoms with van der Waals surface area (Å²) in [4.78, 5) is 18.4. The van der Waals surface area contributed by atoms with Crippen molar-refractivity contribution in [3.05, 3.63) is 89.4 Å². The van der Waals surface area contributed by atoms with Crippen molar-refractivity contribution in [3.8, 4) is 5.75 Å². The van der Waals surface area contributed by atoms with Gasteiger partial charge in [0.15, 0.2) is 10.7 Å². The number of aromatic nitrogens is 1. The number of aryl methyl sites for hydroxylation is 1. The van der Waals surface area contributed by atoms with Crippen LogP contribution in [-0.4, -0.2) is 41.7 Å². The van der Waals surface area contributed by atoms with E-state index in [4.69, 9.17) is 4.74 Å². The first-order valence-corrected chi connectivity index (χ1v) is 15.0. The van der Waals surface area contributed by atoms with E-state index in [0.717, 1.165) is 11.6 Å². The van der Waals surface area contributed by atoms with Gasteiger partial charge in [-0.25, -0.2) is 9.78 Å². The van der Waals surface area contributed by atoms with Crippen molar-refractivity contribution in [2.45, 2.75) is 56.8 Å². The van der Waals surface area contributed by atoms with Crippen molar-refractivity contribution in [2.75, 3.05) is 16.2 Å². The zero-order valence-electron chi connectivity index (χ0n) is 23.7. The number of nitrogens with one attached hydrogen (secondary N) is 1. The van der Waals surface area contributed by atoms with E-state index in [1.54, 1.807) is 37.3 Å². The van der Waals surface area contributed by atoms with Crippen LogP contribution in [0.25, 0.3) is 0 Å². The van der Waals surface area contributed by atoms with Crippen LogP contribution in [0.5, 0.6) is 5.75 Å². The zero-order chi connectivity index (χ0) is 31.6. The number of alkyl halides is 3. The summed E-state index contributed by atoms with van der Waals surface area (Å²) >= 11 is 0. The van der Waals surface area contributed by atoms with Crippen LogP contribution in [0.2, 0.25) is 0 Å². The predicted octanol–water partition coefficient (Wildman–Crippen LogP) is 6.18. The van der Waals surface area contributed by atoms with Crippen molar-refractivity contribution < 1.29 is 41.3 Å². The maximum atomic E-state index is 13.4. The van der Waals surface area contributed by atoms with Gasteiger partial charge in [-0.1, -0.05) is 32.0 Å². The van der Waals surface area contributed by atoms with Crippen molar-refractivity contribution in [1.82, 2.24) is 4.98 Å². The van der Waals surface area contributed by atoms with Gasteiger partial charge >= 0.3 is 12.1 Å². The third-order valence-electron chi connectivity index (χ3n) is 7.39. The minimum absolute atomic E-state index is 0.0617. The first-order valence-electron chi connectivity index (χ1n) is 13.5. The van der Waals surface area contributed by atoms with Crippen LogP contribution in [0.1, 0.15) is 44.7 Å². The van der Waals surface area contributed by atoms with Crippen LogP contribution in [0.4, 0.5) is 24.5 Å². The third kappa shape index (κ3) is 7.04. The Kier molecular flexibility index (Phi) is 8.95. The van der Waals surface area contributed by atoms with E-state index >= 15 is 0 Å². The number of esters is 1. The summed E-state index contributed by atoms with van der Waals surface area (Å²) < 4.78 is 72.5. The van der Waals surface area contributed by atoms with Gasteiger partial charge in [-0.05, 0) is 73.7 Å². The second-order valence-corrected chi connectivity index (χ2v) is 12.2. The van der Waals surface area contributed by atoms with Gasteiger partial charge in [0.25, 0.3) is 10.0 Å². The van der Waals surface area contributed by atoms with Gasteiger partial charge in [-0.2, -0.15) is 21.6 Å². The average molecular weight is 620 g/mol. The summed E-state index contributed by atoms with van der Waals surface area (Å²) in [6, 6.07) is 14.1. The molecule has 2 aromatic carbocycles. The largest absolute Gasteiger partial charge is 0.510 e. The molecule has 230 valence electrons. The molecule has 0 saturated carbocycles. The molecule has 4 rings (SSSR count). The second-order valence-electron chi connectivity index (χ2n) is 10.5. The number of likely N-dealkylation sites (N-methyl/N-ethyl adjacent to an activating group) is 1. The molecule has 9 nitrogen and oxygen atoms in total. The monoisotopic (exact) mass is 619 g/mol. The highest BCUT2D eigenvalue weighted by Crippen LogP contribution is 2.40. The molecule has 0 amide bonds. The van der Waals surface area contributed by atoms with Gasteiger partial charge in [-0.15, -0.1) is 0 Å². The van der Waals surface area contributed by atoms with Crippen LogP contribution in [0.3, 0.4) is 0 Å². The molecular formula is C30H32F3N3O6S. The topological polar surface area (TPSA) is 129 Å². The molecule has 0 aliphatic carbocycles. The Labute approximate surface area is 247 Å². The first-order chi connectivity index (χ1) is 20.1. The lowest BCUT2D eigenvalue weighted by atomic mass is 9.79. The Balaban J connectivity index is 1.57. The molecule has 0 fully saturated rings. The van der Waals surface area contributed by atoms with Crippen molar-refractivity contribution in [3.63, 3.8) is 0 Å². The summed E-state index contributed by atoms with van der Waals surface area (Å²) in [7, 11) is -4.34. The normalized spacial score (nSPS) is 17.6. The Morgan fingerprint density at radius 2 is 1.79 bits per heavy atom. The number of aromatic hydroxyl groups is 1. The van der Waals surface area contributed by atoms with E-state index in [2.05, 4.69) is 9.71 Å². The number of carbonyl (C=O) groups is 1. The molecule has 3 N–H and O–H groups in total. The van der Waals surface area contributed by atoms with Gasteiger partial charge in [-0.3, -0.25) is 4.72 Å². The summed E-state index contributed by atoms with van der Waals surface area (Å²) in [6.07, 6.45) is -3.19. The summed E-state index contributed by atoms with van der Waals surface area (Å²) in [6.45, 7) is 5.77. The number of aliphatic hydroxyl groups excluding tert-OH is 1.